The first-order valence-electron chi connectivity index (χ1n) is 4.80. The zero-order chi connectivity index (χ0) is 9.31. The van der Waals surface area contributed by atoms with Crippen molar-refractivity contribution in [2.75, 3.05) is 24.6 Å². The van der Waals surface area contributed by atoms with Gasteiger partial charge < -0.3 is 0 Å². The fourth-order valence-corrected chi connectivity index (χ4v) is 3.49. The van der Waals surface area contributed by atoms with Crippen LogP contribution in [-0.4, -0.2) is 35.1 Å². The summed E-state index contributed by atoms with van der Waals surface area (Å²) in [4.78, 5) is 4.76. The number of fused-ring (bicyclic) bond motifs is 1. The van der Waals surface area contributed by atoms with Crippen LogP contribution < -0.4 is 21.6 Å². The average molecular weight is 294 g/mol. The SMILES string of the molecule is C=C1CN2CCC[C@@]2(CO[I-]C)C1. The van der Waals surface area contributed by atoms with Crippen LogP contribution in [0, 0.1) is 0 Å². The maximum atomic E-state index is 5.70. The molecule has 0 aromatic rings. The van der Waals surface area contributed by atoms with Crippen LogP contribution in [0.3, 0.4) is 0 Å². The first kappa shape index (κ1) is 9.93. The second-order valence-electron chi connectivity index (χ2n) is 4.08. The van der Waals surface area contributed by atoms with Gasteiger partial charge in [-0.3, -0.25) is 0 Å². The fourth-order valence-electron chi connectivity index (χ4n) is 2.60. The summed E-state index contributed by atoms with van der Waals surface area (Å²) >= 11 is -0.0117. The minimum absolute atomic E-state index is 0.0117. The van der Waals surface area contributed by atoms with Crippen LogP contribution in [0.25, 0.3) is 0 Å². The van der Waals surface area contributed by atoms with Crippen molar-refractivity contribution in [1.29, 1.82) is 0 Å². The summed E-state index contributed by atoms with van der Waals surface area (Å²) in [5.41, 5.74) is 1.77. The van der Waals surface area contributed by atoms with E-state index in [9.17, 15) is 0 Å². The molecule has 3 heteroatoms. The molecule has 2 fully saturated rings. The summed E-state index contributed by atoms with van der Waals surface area (Å²) < 4.78 is 5.70. The molecule has 0 aliphatic carbocycles. The summed E-state index contributed by atoms with van der Waals surface area (Å²) in [6.07, 6.45) is 3.84. The van der Waals surface area contributed by atoms with Crippen molar-refractivity contribution in [1.82, 2.24) is 4.90 Å². The molecule has 0 spiro atoms. The maximum absolute atomic E-state index is 5.70. The average Bonchev–Trinajstić information content (AvgIpc) is 2.57. The van der Waals surface area contributed by atoms with Gasteiger partial charge in [-0.1, -0.05) is 0 Å². The minimum atomic E-state index is -0.0117. The number of halogens is 1. The fraction of sp³-hybridized carbons (Fsp3) is 0.800. The third-order valence-electron chi connectivity index (χ3n) is 3.17. The molecule has 0 N–H and O–H groups in total. The van der Waals surface area contributed by atoms with E-state index in [0.29, 0.717) is 5.54 Å². The summed E-state index contributed by atoms with van der Waals surface area (Å²) in [7, 11) is 0. The Morgan fingerprint density at radius 2 is 2.54 bits per heavy atom. The van der Waals surface area contributed by atoms with Gasteiger partial charge in [-0.25, -0.2) is 0 Å². The number of rotatable bonds is 3. The van der Waals surface area contributed by atoms with Crippen LogP contribution in [0.4, 0.5) is 0 Å². The molecule has 0 bridgehead atoms. The summed E-state index contributed by atoms with van der Waals surface area (Å²) in [6.45, 7) is 7.43. The van der Waals surface area contributed by atoms with E-state index in [1.807, 2.05) is 0 Å². The van der Waals surface area contributed by atoms with Crippen molar-refractivity contribution in [3.05, 3.63) is 12.2 Å². The van der Waals surface area contributed by atoms with E-state index in [0.717, 1.165) is 13.2 Å². The van der Waals surface area contributed by atoms with E-state index in [1.54, 1.807) is 0 Å². The molecule has 2 saturated heterocycles. The van der Waals surface area contributed by atoms with E-state index in [1.165, 1.54) is 31.4 Å². The molecule has 0 unspecified atom stereocenters. The van der Waals surface area contributed by atoms with Crippen molar-refractivity contribution >= 4 is 0 Å². The molecule has 2 aliphatic rings. The number of alkyl halides is 1. The van der Waals surface area contributed by atoms with Crippen molar-refractivity contribution in [2.45, 2.75) is 24.8 Å². The summed E-state index contributed by atoms with van der Waals surface area (Å²) in [5.74, 6) is 0. The van der Waals surface area contributed by atoms with Crippen molar-refractivity contribution in [3.8, 4) is 0 Å². The number of nitrogens with zero attached hydrogens (tertiary/aromatic N) is 1. The molecule has 2 nitrogen and oxygen atoms in total. The molecule has 1 atom stereocenters. The van der Waals surface area contributed by atoms with Gasteiger partial charge >= 0.3 is 91.2 Å². The van der Waals surface area contributed by atoms with Crippen LogP contribution in [0.15, 0.2) is 12.2 Å². The topological polar surface area (TPSA) is 12.5 Å². The summed E-state index contributed by atoms with van der Waals surface area (Å²) in [6, 6.07) is 0. The Hall–Kier alpha value is 0.390. The zero-order valence-electron chi connectivity index (χ0n) is 8.18. The standard InChI is InChI=1S/C10H17INO/c1-9-6-10(8-13-11-2)4-3-5-12(10)7-9/h1,3-8H2,2H3/q-1/t10-/m0/s1. The quantitative estimate of drug-likeness (QED) is 0.354. The molecule has 13 heavy (non-hydrogen) atoms. The Morgan fingerprint density at radius 3 is 3.31 bits per heavy atom. The van der Waals surface area contributed by atoms with Crippen molar-refractivity contribution in [3.63, 3.8) is 0 Å². The van der Waals surface area contributed by atoms with Crippen molar-refractivity contribution < 1.29 is 24.7 Å². The Labute approximate surface area is 91.1 Å². The van der Waals surface area contributed by atoms with E-state index in [2.05, 4.69) is 16.4 Å². The van der Waals surface area contributed by atoms with Crippen LogP contribution in [0.1, 0.15) is 19.3 Å². The second-order valence-corrected chi connectivity index (χ2v) is 5.59. The molecule has 0 radical (unpaired) electrons. The van der Waals surface area contributed by atoms with E-state index >= 15 is 0 Å². The molecule has 0 aromatic heterocycles. The normalized spacial score (nSPS) is 34.4. The van der Waals surface area contributed by atoms with Gasteiger partial charge in [0.05, 0.1) is 0 Å². The summed E-state index contributed by atoms with van der Waals surface area (Å²) in [5, 5.41) is 0. The molecular formula is C10H17INO-. The monoisotopic (exact) mass is 294 g/mol. The van der Waals surface area contributed by atoms with E-state index in [-0.39, 0.29) is 21.6 Å². The third-order valence-corrected chi connectivity index (χ3v) is 4.10. The third kappa shape index (κ3) is 1.78. The van der Waals surface area contributed by atoms with Gasteiger partial charge in [0.25, 0.3) is 0 Å². The molecule has 0 amide bonds. The molecular weight excluding hydrogens is 277 g/mol. The molecule has 2 aliphatic heterocycles. The zero-order valence-corrected chi connectivity index (χ0v) is 10.3. The van der Waals surface area contributed by atoms with Crippen molar-refractivity contribution in [2.24, 2.45) is 0 Å². The van der Waals surface area contributed by atoms with Gasteiger partial charge in [0.15, 0.2) is 0 Å². The van der Waals surface area contributed by atoms with Crippen LogP contribution in [0.5, 0.6) is 0 Å². The molecule has 2 rings (SSSR count). The number of hydrogen-bond donors (Lipinski definition) is 0. The predicted molar refractivity (Wildman–Crippen MR) is 49.2 cm³/mol. The van der Waals surface area contributed by atoms with Crippen LogP contribution in [0.2, 0.25) is 0 Å². The second kappa shape index (κ2) is 3.87. The number of hydrogen-bond acceptors (Lipinski definition) is 2. The van der Waals surface area contributed by atoms with Gasteiger partial charge in [0.1, 0.15) is 0 Å². The van der Waals surface area contributed by atoms with E-state index < -0.39 is 0 Å². The van der Waals surface area contributed by atoms with Gasteiger partial charge in [0, 0.05) is 0 Å². The first-order chi connectivity index (χ1) is 6.27. The van der Waals surface area contributed by atoms with Crippen LogP contribution >= 0.6 is 0 Å². The Balaban J connectivity index is 2.04. The molecule has 0 saturated carbocycles. The molecule has 76 valence electrons. The molecule has 0 aromatic carbocycles. The Bertz CT molecular complexity index is 219. The van der Waals surface area contributed by atoms with Gasteiger partial charge in [-0.2, -0.15) is 0 Å². The predicted octanol–water partition coefficient (Wildman–Crippen LogP) is -1.57. The van der Waals surface area contributed by atoms with Crippen LogP contribution in [-0.2, 0) is 3.07 Å². The Morgan fingerprint density at radius 1 is 1.69 bits per heavy atom. The molecule has 2 heterocycles. The van der Waals surface area contributed by atoms with Gasteiger partial charge in [-0.15, -0.1) is 0 Å². The van der Waals surface area contributed by atoms with Gasteiger partial charge in [-0.05, 0) is 0 Å². The first-order valence-corrected chi connectivity index (χ1v) is 7.84. The Kier molecular flexibility index (Phi) is 2.95. The van der Waals surface area contributed by atoms with E-state index in [4.69, 9.17) is 3.07 Å². The van der Waals surface area contributed by atoms with Gasteiger partial charge in [0.2, 0.25) is 0 Å².